The van der Waals surface area contributed by atoms with Crippen LogP contribution in [-0.4, -0.2) is 25.7 Å². The molecule has 0 aromatic heterocycles. The average molecular weight is 389 g/mol. The summed E-state index contributed by atoms with van der Waals surface area (Å²) in [5.74, 6) is -0.343. The zero-order chi connectivity index (χ0) is 21.0. The van der Waals surface area contributed by atoms with E-state index in [4.69, 9.17) is 4.74 Å². The Labute approximate surface area is 173 Å². The van der Waals surface area contributed by atoms with E-state index in [1.165, 1.54) is 0 Å². The van der Waals surface area contributed by atoms with Crippen LogP contribution >= 0.6 is 0 Å². The van der Waals surface area contributed by atoms with Crippen LogP contribution in [0.25, 0.3) is 11.1 Å². The van der Waals surface area contributed by atoms with Crippen LogP contribution in [0.4, 0.5) is 17.1 Å². The molecule has 0 bridgehead atoms. The minimum absolute atomic E-state index is 0.343. The number of anilines is 3. The van der Waals surface area contributed by atoms with Crippen molar-refractivity contribution in [2.75, 3.05) is 24.3 Å². The first-order valence-electron chi connectivity index (χ1n) is 9.70. The Morgan fingerprint density at radius 2 is 1.52 bits per heavy atom. The number of esters is 1. The Kier molecular flexibility index (Phi) is 5.92. The SMILES string of the molecule is CN(C)c1ccc(Nc2cc(-c3ccccc3)ccc2C(=O)OC(C)(C)C)cc1. The molecular weight excluding hydrogens is 360 g/mol. The van der Waals surface area contributed by atoms with Gasteiger partial charge in [0.05, 0.1) is 11.3 Å². The van der Waals surface area contributed by atoms with Crippen LogP contribution in [0.5, 0.6) is 0 Å². The number of benzene rings is 3. The summed E-state index contributed by atoms with van der Waals surface area (Å²) in [5, 5.41) is 3.40. The largest absolute Gasteiger partial charge is 0.456 e. The van der Waals surface area contributed by atoms with Crippen molar-refractivity contribution in [3.05, 3.63) is 78.4 Å². The molecular formula is C25H28N2O2. The molecule has 0 radical (unpaired) electrons. The van der Waals surface area contributed by atoms with E-state index in [0.717, 1.165) is 28.2 Å². The molecule has 1 N–H and O–H groups in total. The summed E-state index contributed by atoms with van der Waals surface area (Å²) in [5.41, 5.74) is 4.82. The van der Waals surface area contributed by atoms with Gasteiger partial charge in [-0.3, -0.25) is 0 Å². The standard InChI is InChI=1S/C25H28N2O2/c1-25(2,3)29-24(28)22-16-11-19(18-9-7-6-8-10-18)17-23(22)26-20-12-14-21(15-13-20)27(4)5/h6-17,26H,1-5H3. The summed E-state index contributed by atoms with van der Waals surface area (Å²) in [6, 6.07) is 24.0. The quantitative estimate of drug-likeness (QED) is 0.535. The zero-order valence-electron chi connectivity index (χ0n) is 17.7. The van der Waals surface area contributed by atoms with Crippen molar-refractivity contribution in [1.82, 2.24) is 0 Å². The molecule has 0 amide bonds. The molecule has 4 heteroatoms. The van der Waals surface area contributed by atoms with E-state index in [9.17, 15) is 4.79 Å². The monoisotopic (exact) mass is 388 g/mol. The van der Waals surface area contributed by atoms with Gasteiger partial charge in [-0.1, -0.05) is 36.4 Å². The molecule has 0 heterocycles. The van der Waals surface area contributed by atoms with Crippen molar-refractivity contribution in [3.8, 4) is 11.1 Å². The number of carbonyl (C=O) groups is 1. The maximum absolute atomic E-state index is 12.8. The Morgan fingerprint density at radius 1 is 0.862 bits per heavy atom. The molecule has 3 rings (SSSR count). The first-order valence-corrected chi connectivity index (χ1v) is 9.70. The summed E-state index contributed by atoms with van der Waals surface area (Å²) in [7, 11) is 4.01. The number of rotatable bonds is 5. The van der Waals surface area contributed by atoms with Gasteiger partial charge in [0.2, 0.25) is 0 Å². The topological polar surface area (TPSA) is 41.6 Å². The predicted molar refractivity (Wildman–Crippen MR) is 121 cm³/mol. The van der Waals surface area contributed by atoms with E-state index in [1.54, 1.807) is 0 Å². The van der Waals surface area contributed by atoms with Crippen LogP contribution in [0.1, 0.15) is 31.1 Å². The second kappa shape index (κ2) is 8.39. The normalized spacial score (nSPS) is 11.1. The van der Waals surface area contributed by atoms with Crippen molar-refractivity contribution < 1.29 is 9.53 Å². The van der Waals surface area contributed by atoms with Crippen molar-refractivity contribution >= 4 is 23.0 Å². The molecule has 0 saturated carbocycles. The molecule has 0 fully saturated rings. The first kappa shape index (κ1) is 20.5. The number of ether oxygens (including phenoxy) is 1. The molecule has 150 valence electrons. The minimum Gasteiger partial charge on any atom is -0.456 e. The first-order chi connectivity index (χ1) is 13.7. The van der Waals surface area contributed by atoms with E-state index in [0.29, 0.717) is 5.56 Å². The predicted octanol–water partition coefficient (Wildman–Crippen LogP) is 6.12. The molecule has 29 heavy (non-hydrogen) atoms. The molecule has 0 aliphatic carbocycles. The molecule has 0 aliphatic heterocycles. The third-order valence-electron chi connectivity index (χ3n) is 4.41. The number of nitrogens with one attached hydrogen (secondary N) is 1. The van der Waals surface area contributed by atoms with Crippen LogP contribution < -0.4 is 10.2 Å². The fraction of sp³-hybridized carbons (Fsp3) is 0.240. The highest BCUT2D eigenvalue weighted by Gasteiger charge is 2.21. The van der Waals surface area contributed by atoms with Gasteiger partial charge in [0, 0.05) is 25.5 Å². The van der Waals surface area contributed by atoms with Gasteiger partial charge in [-0.15, -0.1) is 0 Å². The molecule has 0 saturated heterocycles. The Bertz CT molecular complexity index is 972. The van der Waals surface area contributed by atoms with Crippen molar-refractivity contribution in [1.29, 1.82) is 0 Å². The minimum atomic E-state index is -0.556. The van der Waals surface area contributed by atoms with Gasteiger partial charge in [-0.2, -0.15) is 0 Å². The number of hydrogen-bond acceptors (Lipinski definition) is 4. The van der Waals surface area contributed by atoms with Gasteiger partial charge in [-0.05, 0) is 68.3 Å². The summed E-state index contributed by atoms with van der Waals surface area (Å²) < 4.78 is 5.61. The highest BCUT2D eigenvalue weighted by atomic mass is 16.6. The summed E-state index contributed by atoms with van der Waals surface area (Å²) in [4.78, 5) is 14.8. The molecule has 0 spiro atoms. The highest BCUT2D eigenvalue weighted by Crippen LogP contribution is 2.30. The van der Waals surface area contributed by atoms with Crippen molar-refractivity contribution in [2.24, 2.45) is 0 Å². The third kappa shape index (κ3) is 5.38. The second-order valence-corrected chi connectivity index (χ2v) is 8.19. The molecule has 3 aromatic carbocycles. The fourth-order valence-electron chi connectivity index (χ4n) is 2.97. The molecule has 0 atom stereocenters. The van der Waals surface area contributed by atoms with Crippen LogP contribution in [0.15, 0.2) is 72.8 Å². The van der Waals surface area contributed by atoms with Crippen LogP contribution in [0.2, 0.25) is 0 Å². The van der Waals surface area contributed by atoms with Gasteiger partial charge >= 0.3 is 5.97 Å². The Hall–Kier alpha value is -3.27. The Morgan fingerprint density at radius 3 is 2.10 bits per heavy atom. The smallest absolute Gasteiger partial charge is 0.340 e. The van der Waals surface area contributed by atoms with Gasteiger partial charge < -0.3 is 15.0 Å². The van der Waals surface area contributed by atoms with Gasteiger partial charge in [0.15, 0.2) is 0 Å². The van der Waals surface area contributed by atoms with Crippen LogP contribution in [0.3, 0.4) is 0 Å². The summed E-state index contributed by atoms with van der Waals surface area (Å²) in [6.07, 6.45) is 0. The lowest BCUT2D eigenvalue weighted by Gasteiger charge is -2.21. The maximum Gasteiger partial charge on any atom is 0.340 e. The Balaban J connectivity index is 1.99. The van der Waals surface area contributed by atoms with E-state index >= 15 is 0 Å². The number of hydrogen-bond donors (Lipinski definition) is 1. The van der Waals surface area contributed by atoms with Crippen LogP contribution in [0, 0.1) is 0 Å². The van der Waals surface area contributed by atoms with Gasteiger partial charge in [-0.25, -0.2) is 4.79 Å². The molecule has 0 unspecified atom stereocenters. The maximum atomic E-state index is 12.8. The summed E-state index contributed by atoms with van der Waals surface area (Å²) in [6.45, 7) is 5.61. The molecule has 0 aliphatic rings. The lowest BCUT2D eigenvalue weighted by molar-refractivity contribution is 0.00708. The number of carbonyl (C=O) groups excluding carboxylic acids is 1. The van der Waals surface area contributed by atoms with Crippen molar-refractivity contribution in [3.63, 3.8) is 0 Å². The van der Waals surface area contributed by atoms with Crippen LogP contribution in [-0.2, 0) is 4.74 Å². The molecule has 3 aromatic rings. The summed E-state index contributed by atoms with van der Waals surface area (Å²) >= 11 is 0. The highest BCUT2D eigenvalue weighted by molar-refractivity contribution is 5.98. The molecule has 4 nitrogen and oxygen atoms in total. The van der Waals surface area contributed by atoms with E-state index < -0.39 is 5.60 Å². The average Bonchev–Trinajstić information content (AvgIpc) is 2.67. The lowest BCUT2D eigenvalue weighted by atomic mass is 10.0. The van der Waals surface area contributed by atoms with Gasteiger partial charge in [0.1, 0.15) is 5.60 Å². The van der Waals surface area contributed by atoms with E-state index in [2.05, 4.69) is 17.4 Å². The number of nitrogens with zero attached hydrogens (tertiary/aromatic N) is 1. The second-order valence-electron chi connectivity index (χ2n) is 8.19. The van der Waals surface area contributed by atoms with Gasteiger partial charge in [0.25, 0.3) is 0 Å². The van der Waals surface area contributed by atoms with Crippen molar-refractivity contribution in [2.45, 2.75) is 26.4 Å². The van der Waals surface area contributed by atoms with E-state index in [-0.39, 0.29) is 5.97 Å². The van der Waals surface area contributed by atoms with E-state index in [1.807, 2.05) is 100 Å². The third-order valence-corrected chi connectivity index (χ3v) is 4.41. The lowest BCUT2D eigenvalue weighted by Crippen LogP contribution is -2.24. The zero-order valence-corrected chi connectivity index (χ0v) is 17.7. The fourth-order valence-corrected chi connectivity index (χ4v) is 2.97.